The summed E-state index contributed by atoms with van der Waals surface area (Å²) in [6, 6.07) is 0. The number of aliphatic hydroxyl groups is 1. The van der Waals surface area contributed by atoms with Gasteiger partial charge in [0.2, 0.25) is 0 Å². The largest absolute Gasteiger partial charge is 0.505 e. The highest BCUT2D eigenvalue weighted by Gasteiger charge is 2.77. The van der Waals surface area contributed by atoms with E-state index in [2.05, 4.69) is 6.92 Å². The highest BCUT2D eigenvalue weighted by Crippen LogP contribution is 2.79. The Bertz CT molecular complexity index is 827. The normalized spacial score (nSPS) is 49.4. The van der Waals surface area contributed by atoms with E-state index in [1.165, 1.54) is 24.8 Å². The van der Waals surface area contributed by atoms with Gasteiger partial charge in [-0.05, 0) is 98.4 Å². The second-order valence-corrected chi connectivity index (χ2v) is 11.4. The second kappa shape index (κ2) is 6.11. The van der Waals surface area contributed by atoms with E-state index in [9.17, 15) is 14.7 Å². The summed E-state index contributed by atoms with van der Waals surface area (Å²) in [5.74, 6) is 3.70. The maximum atomic E-state index is 12.2. The quantitative estimate of drug-likeness (QED) is 0.658. The summed E-state index contributed by atoms with van der Waals surface area (Å²) >= 11 is 0. The maximum absolute atomic E-state index is 12.2. The third kappa shape index (κ3) is 2.33. The lowest BCUT2D eigenvalue weighted by Gasteiger charge is -2.60. The molecule has 0 radical (unpaired) electrons. The van der Waals surface area contributed by atoms with Crippen molar-refractivity contribution in [2.45, 2.75) is 76.7 Å². The Hall–Kier alpha value is -1.36. The lowest BCUT2D eigenvalue weighted by molar-refractivity contribution is -0.162. The molecule has 5 saturated carbocycles. The number of fused-ring (bicyclic) bond motifs is 8. The summed E-state index contributed by atoms with van der Waals surface area (Å²) in [5.41, 5.74) is 0.911. The molecule has 0 bridgehead atoms. The summed E-state index contributed by atoms with van der Waals surface area (Å²) in [6.07, 6.45) is 10.9. The molecule has 0 unspecified atom stereocenters. The summed E-state index contributed by atoms with van der Waals surface area (Å²) in [5, 5.41) is 21.0. The van der Waals surface area contributed by atoms with Crippen molar-refractivity contribution >= 4 is 11.9 Å². The van der Waals surface area contributed by atoms with Gasteiger partial charge in [-0.15, -0.1) is 0 Å². The molecular weight excluding hydrogens is 380 g/mol. The Labute approximate surface area is 178 Å². The van der Waals surface area contributed by atoms with Gasteiger partial charge in [0.15, 0.2) is 5.78 Å². The van der Waals surface area contributed by atoms with Crippen molar-refractivity contribution in [2.75, 3.05) is 6.61 Å². The molecule has 6 aliphatic rings. The van der Waals surface area contributed by atoms with Crippen molar-refractivity contribution in [1.29, 1.82) is 0 Å². The van der Waals surface area contributed by atoms with Gasteiger partial charge in [-0.1, -0.05) is 12.5 Å². The molecule has 0 saturated heterocycles. The van der Waals surface area contributed by atoms with Crippen LogP contribution in [0.4, 0.5) is 4.79 Å². The molecule has 6 aliphatic carbocycles. The van der Waals surface area contributed by atoms with E-state index in [-0.39, 0.29) is 17.4 Å². The lowest BCUT2D eigenvalue weighted by Crippen LogP contribution is -2.57. The van der Waals surface area contributed by atoms with Crippen LogP contribution in [0.1, 0.15) is 71.1 Å². The molecule has 8 atom stereocenters. The fourth-order valence-corrected chi connectivity index (χ4v) is 9.48. The molecule has 0 aromatic heterocycles. The lowest BCUT2D eigenvalue weighted by atomic mass is 9.46. The summed E-state index contributed by atoms with van der Waals surface area (Å²) in [4.78, 5) is 23.1. The first kappa shape index (κ1) is 19.3. The molecule has 5 heteroatoms. The second-order valence-electron chi connectivity index (χ2n) is 11.4. The summed E-state index contributed by atoms with van der Waals surface area (Å²) in [6.45, 7) is 2.33. The number of ketones is 1. The summed E-state index contributed by atoms with van der Waals surface area (Å²) in [7, 11) is 0. The highest BCUT2D eigenvalue weighted by molar-refractivity contribution is 5.91. The van der Waals surface area contributed by atoms with E-state index in [1.807, 2.05) is 6.08 Å². The topological polar surface area (TPSA) is 83.8 Å². The zero-order valence-electron chi connectivity index (χ0n) is 17.9. The molecule has 0 aromatic rings. The standard InChI is InChI=1S/C25H34O5/c1-2-24-6-5-15-16-4-3-14(26)11-19(16)23(7-8-23)13-18(15)21(24)17-12-20(17)25(24,29)9-10-30-22(27)28/h11,15-18,20-21,29H,2-10,12-13H2,1H3,(H,27,28)/t15-,16-,17+,18-,20-,21+,24+,25+/m1/s1. The Balaban J connectivity index is 1.34. The van der Waals surface area contributed by atoms with Gasteiger partial charge in [-0.25, -0.2) is 4.79 Å². The average molecular weight is 415 g/mol. The van der Waals surface area contributed by atoms with Crippen molar-refractivity contribution in [3.63, 3.8) is 0 Å². The van der Waals surface area contributed by atoms with Crippen molar-refractivity contribution in [3.8, 4) is 0 Å². The van der Waals surface area contributed by atoms with E-state index in [1.54, 1.807) is 0 Å². The average Bonchev–Trinajstić information content (AvgIpc) is 3.63. The van der Waals surface area contributed by atoms with Gasteiger partial charge in [0.25, 0.3) is 0 Å². The third-order valence-corrected chi connectivity index (χ3v) is 10.7. The van der Waals surface area contributed by atoms with Crippen LogP contribution in [0, 0.1) is 46.3 Å². The van der Waals surface area contributed by atoms with Crippen LogP contribution in [-0.2, 0) is 9.53 Å². The number of rotatable bonds is 4. The molecule has 0 aliphatic heterocycles. The molecule has 1 spiro atoms. The monoisotopic (exact) mass is 414 g/mol. The minimum absolute atomic E-state index is 0.0919. The fourth-order valence-electron chi connectivity index (χ4n) is 9.48. The predicted molar refractivity (Wildman–Crippen MR) is 110 cm³/mol. The SMILES string of the molecule is CC[C@]12CC[C@H]3[C@@H](CC4(CC4)C4=CC(=O)CC[C@@H]43)[C@@H]1[C@H]1C[C@H]1[C@@]2(O)CCOC(=O)O. The van der Waals surface area contributed by atoms with Crippen LogP contribution >= 0.6 is 0 Å². The van der Waals surface area contributed by atoms with Gasteiger partial charge in [-0.3, -0.25) is 4.79 Å². The van der Waals surface area contributed by atoms with Crippen molar-refractivity contribution in [2.24, 2.45) is 46.3 Å². The minimum Gasteiger partial charge on any atom is -0.450 e. The first-order chi connectivity index (χ1) is 14.4. The Kier molecular flexibility index (Phi) is 3.94. The van der Waals surface area contributed by atoms with Gasteiger partial charge in [0.05, 0.1) is 12.2 Å². The van der Waals surface area contributed by atoms with Crippen LogP contribution in [0.5, 0.6) is 0 Å². The van der Waals surface area contributed by atoms with Crippen LogP contribution in [0.3, 0.4) is 0 Å². The molecule has 2 N–H and O–H groups in total. The Morgan fingerprint density at radius 2 is 2.00 bits per heavy atom. The van der Waals surface area contributed by atoms with Gasteiger partial charge in [0, 0.05) is 18.3 Å². The Morgan fingerprint density at radius 1 is 1.20 bits per heavy atom. The van der Waals surface area contributed by atoms with E-state index in [0.717, 1.165) is 32.1 Å². The zero-order chi connectivity index (χ0) is 20.9. The van der Waals surface area contributed by atoms with Crippen LogP contribution in [0.2, 0.25) is 0 Å². The first-order valence-corrected chi connectivity index (χ1v) is 12.2. The fraction of sp³-hybridized carbons (Fsp3) is 0.840. The Morgan fingerprint density at radius 3 is 2.70 bits per heavy atom. The number of allylic oxidation sites excluding steroid dienone is 1. The number of hydrogen-bond acceptors (Lipinski definition) is 4. The smallest absolute Gasteiger partial charge is 0.450 e. The molecule has 0 aromatic carbocycles. The molecule has 0 heterocycles. The molecule has 164 valence electrons. The van der Waals surface area contributed by atoms with Gasteiger partial charge >= 0.3 is 6.16 Å². The van der Waals surface area contributed by atoms with Crippen LogP contribution in [0.15, 0.2) is 11.6 Å². The van der Waals surface area contributed by atoms with E-state index < -0.39 is 11.8 Å². The molecule has 30 heavy (non-hydrogen) atoms. The number of carboxylic acid groups (broad SMARTS) is 1. The number of ether oxygens (including phenoxy) is 1. The van der Waals surface area contributed by atoms with E-state index in [4.69, 9.17) is 9.84 Å². The zero-order valence-corrected chi connectivity index (χ0v) is 17.9. The van der Waals surface area contributed by atoms with Gasteiger partial charge in [0.1, 0.15) is 0 Å². The molecule has 6 rings (SSSR count). The number of carbonyl (C=O) groups is 2. The van der Waals surface area contributed by atoms with Crippen LogP contribution < -0.4 is 0 Å². The number of carbonyl (C=O) groups excluding carboxylic acids is 1. The molecule has 5 fully saturated rings. The summed E-state index contributed by atoms with van der Waals surface area (Å²) < 4.78 is 4.85. The van der Waals surface area contributed by atoms with Crippen molar-refractivity contribution in [3.05, 3.63) is 11.6 Å². The van der Waals surface area contributed by atoms with Gasteiger partial charge < -0.3 is 14.9 Å². The first-order valence-electron chi connectivity index (χ1n) is 12.2. The van der Waals surface area contributed by atoms with Crippen molar-refractivity contribution < 1.29 is 24.5 Å². The predicted octanol–water partition coefficient (Wildman–Crippen LogP) is 4.58. The number of hydrogen-bond donors (Lipinski definition) is 2. The van der Waals surface area contributed by atoms with Crippen LogP contribution in [-0.4, -0.2) is 34.4 Å². The maximum Gasteiger partial charge on any atom is 0.505 e. The van der Waals surface area contributed by atoms with E-state index >= 15 is 0 Å². The minimum atomic E-state index is -1.25. The van der Waals surface area contributed by atoms with Gasteiger partial charge in [-0.2, -0.15) is 0 Å². The molecule has 0 amide bonds. The molecule has 5 nitrogen and oxygen atoms in total. The highest BCUT2D eigenvalue weighted by atomic mass is 16.7. The molecular formula is C25H34O5. The third-order valence-electron chi connectivity index (χ3n) is 10.7. The van der Waals surface area contributed by atoms with Crippen LogP contribution in [0.25, 0.3) is 0 Å². The van der Waals surface area contributed by atoms with E-state index in [0.29, 0.717) is 54.1 Å². The van der Waals surface area contributed by atoms with Crippen molar-refractivity contribution in [1.82, 2.24) is 0 Å².